The fourth-order valence-electron chi connectivity index (χ4n) is 1.57. The zero-order valence-corrected chi connectivity index (χ0v) is 13.2. The van der Waals surface area contributed by atoms with Gasteiger partial charge in [0, 0.05) is 15.5 Å². The van der Waals surface area contributed by atoms with Crippen LogP contribution in [0.5, 0.6) is 5.75 Å². The molecule has 0 spiro atoms. The highest BCUT2D eigenvalue weighted by atomic mass is 79.9. The molecule has 2 aromatic rings. The van der Waals surface area contributed by atoms with Crippen LogP contribution in [-0.4, -0.2) is 12.2 Å². The van der Waals surface area contributed by atoms with Crippen molar-refractivity contribution in [2.75, 3.05) is 7.11 Å². The lowest BCUT2D eigenvalue weighted by atomic mass is 10.1. The molecule has 0 amide bonds. The van der Waals surface area contributed by atoms with Crippen LogP contribution in [0.4, 0.5) is 0 Å². The highest BCUT2D eigenvalue weighted by Gasteiger charge is 2.19. The highest BCUT2D eigenvalue weighted by Crippen LogP contribution is 2.40. The van der Waals surface area contributed by atoms with Gasteiger partial charge < -0.3 is 9.84 Å². The van der Waals surface area contributed by atoms with Gasteiger partial charge in [0.1, 0.15) is 11.9 Å². The van der Waals surface area contributed by atoms with Crippen LogP contribution >= 0.6 is 50.5 Å². The van der Waals surface area contributed by atoms with E-state index in [0.29, 0.717) is 21.4 Å². The Balaban J connectivity index is 2.44. The zero-order valence-electron chi connectivity index (χ0n) is 9.28. The Morgan fingerprint density at radius 3 is 2.61 bits per heavy atom. The van der Waals surface area contributed by atoms with E-state index in [1.165, 1.54) is 11.3 Å². The molecule has 0 aliphatic rings. The number of hydrogen-bond donors (Lipinski definition) is 1. The van der Waals surface area contributed by atoms with Crippen LogP contribution in [-0.2, 0) is 0 Å². The monoisotopic (exact) mass is 366 g/mol. The number of aliphatic hydroxyl groups excluding tert-OH is 1. The fourth-order valence-corrected chi connectivity index (χ4v) is 3.50. The normalized spacial score (nSPS) is 12.5. The van der Waals surface area contributed by atoms with Gasteiger partial charge in [0.15, 0.2) is 0 Å². The van der Waals surface area contributed by atoms with Crippen LogP contribution < -0.4 is 4.74 Å². The number of aliphatic hydroxyl groups is 1. The Labute approximate surface area is 127 Å². The third kappa shape index (κ3) is 2.83. The summed E-state index contributed by atoms with van der Waals surface area (Å²) in [4.78, 5) is 0.729. The third-order valence-electron chi connectivity index (χ3n) is 2.42. The molecule has 1 atom stereocenters. The fraction of sp³-hybridized carbons (Fsp3) is 0.167. The maximum atomic E-state index is 10.4. The molecule has 1 unspecified atom stereocenters. The van der Waals surface area contributed by atoms with Crippen LogP contribution in [0.3, 0.4) is 0 Å². The van der Waals surface area contributed by atoms with Crippen molar-refractivity contribution in [1.29, 1.82) is 0 Å². The second-order valence-corrected chi connectivity index (χ2v) is 6.80. The maximum absolute atomic E-state index is 10.4. The first kappa shape index (κ1) is 14.2. The standard InChI is InChI=1S/C12H9BrCl2O2S/c1-17-9-3-2-6(14)4-7(9)11(16)10-5-8(15)12(13)18-10/h2-5,11,16H,1H3. The maximum Gasteiger partial charge on any atom is 0.125 e. The second-order valence-electron chi connectivity index (χ2n) is 3.56. The Kier molecular flexibility index (Phi) is 4.56. The molecule has 1 aromatic carbocycles. The Morgan fingerprint density at radius 2 is 2.06 bits per heavy atom. The summed E-state index contributed by atoms with van der Waals surface area (Å²) < 4.78 is 6.01. The minimum absolute atomic E-state index is 0.548. The Morgan fingerprint density at radius 1 is 1.33 bits per heavy atom. The van der Waals surface area contributed by atoms with E-state index in [-0.39, 0.29) is 0 Å². The predicted molar refractivity (Wildman–Crippen MR) is 79.1 cm³/mol. The molecule has 1 aromatic heterocycles. The summed E-state index contributed by atoms with van der Waals surface area (Å²) in [5.41, 5.74) is 0.621. The molecule has 0 fully saturated rings. The summed E-state index contributed by atoms with van der Waals surface area (Å²) in [7, 11) is 1.55. The number of thiophene rings is 1. The van der Waals surface area contributed by atoms with Gasteiger partial charge in [0.25, 0.3) is 0 Å². The number of rotatable bonds is 3. The first-order valence-corrected chi connectivity index (χ1v) is 7.35. The van der Waals surface area contributed by atoms with E-state index in [0.717, 1.165) is 8.66 Å². The van der Waals surface area contributed by atoms with Crippen molar-refractivity contribution >= 4 is 50.5 Å². The number of benzene rings is 1. The summed E-state index contributed by atoms with van der Waals surface area (Å²) >= 11 is 16.6. The molecular weight excluding hydrogens is 359 g/mol. The van der Waals surface area contributed by atoms with Crippen LogP contribution in [0.25, 0.3) is 0 Å². The smallest absolute Gasteiger partial charge is 0.125 e. The molecule has 18 heavy (non-hydrogen) atoms. The van der Waals surface area contributed by atoms with Gasteiger partial charge >= 0.3 is 0 Å². The van der Waals surface area contributed by atoms with Crippen molar-refractivity contribution < 1.29 is 9.84 Å². The van der Waals surface area contributed by atoms with E-state index >= 15 is 0 Å². The van der Waals surface area contributed by atoms with E-state index in [1.54, 1.807) is 31.4 Å². The Hall–Kier alpha value is -0.260. The molecule has 2 nitrogen and oxygen atoms in total. The van der Waals surface area contributed by atoms with Crippen molar-refractivity contribution in [3.8, 4) is 5.75 Å². The van der Waals surface area contributed by atoms with E-state index in [4.69, 9.17) is 27.9 Å². The molecule has 96 valence electrons. The summed E-state index contributed by atoms with van der Waals surface area (Å²) in [6.45, 7) is 0. The van der Waals surface area contributed by atoms with Gasteiger partial charge in [-0.25, -0.2) is 0 Å². The van der Waals surface area contributed by atoms with Crippen LogP contribution in [0.2, 0.25) is 10.0 Å². The quantitative estimate of drug-likeness (QED) is 0.835. The van der Waals surface area contributed by atoms with Crippen molar-refractivity contribution in [2.24, 2.45) is 0 Å². The minimum atomic E-state index is -0.813. The molecule has 0 aliphatic carbocycles. The van der Waals surface area contributed by atoms with Crippen molar-refractivity contribution in [3.05, 3.63) is 48.5 Å². The van der Waals surface area contributed by atoms with E-state index in [9.17, 15) is 5.11 Å². The van der Waals surface area contributed by atoms with Gasteiger partial charge in [0.2, 0.25) is 0 Å². The second kappa shape index (κ2) is 5.80. The summed E-state index contributed by atoms with van der Waals surface area (Å²) in [6, 6.07) is 6.85. The average molecular weight is 368 g/mol. The molecule has 0 saturated heterocycles. The van der Waals surface area contributed by atoms with Gasteiger partial charge in [0.05, 0.1) is 15.9 Å². The van der Waals surface area contributed by atoms with Crippen molar-refractivity contribution in [3.63, 3.8) is 0 Å². The lowest BCUT2D eigenvalue weighted by Gasteiger charge is -2.13. The van der Waals surface area contributed by atoms with Gasteiger partial charge in [-0.1, -0.05) is 23.2 Å². The van der Waals surface area contributed by atoms with Gasteiger partial charge in [-0.05, 0) is 40.2 Å². The molecular formula is C12H9BrCl2O2S. The van der Waals surface area contributed by atoms with Crippen LogP contribution in [0.1, 0.15) is 16.5 Å². The zero-order chi connectivity index (χ0) is 13.3. The van der Waals surface area contributed by atoms with Gasteiger partial charge in [-0.3, -0.25) is 0 Å². The summed E-state index contributed by atoms with van der Waals surface area (Å²) in [5, 5.41) is 11.5. The summed E-state index contributed by atoms with van der Waals surface area (Å²) in [5.74, 6) is 0.590. The van der Waals surface area contributed by atoms with Gasteiger partial charge in [-0.15, -0.1) is 11.3 Å². The molecule has 1 N–H and O–H groups in total. The van der Waals surface area contributed by atoms with E-state index in [1.807, 2.05) is 0 Å². The highest BCUT2D eigenvalue weighted by molar-refractivity contribution is 9.11. The van der Waals surface area contributed by atoms with Gasteiger partial charge in [-0.2, -0.15) is 0 Å². The molecule has 0 aliphatic heterocycles. The lowest BCUT2D eigenvalue weighted by molar-refractivity contribution is 0.218. The minimum Gasteiger partial charge on any atom is -0.496 e. The largest absolute Gasteiger partial charge is 0.496 e. The summed E-state index contributed by atoms with van der Waals surface area (Å²) in [6.07, 6.45) is -0.813. The Bertz CT molecular complexity index is 552. The average Bonchev–Trinajstić information content (AvgIpc) is 2.68. The number of halogens is 3. The SMILES string of the molecule is COc1ccc(Cl)cc1C(O)c1cc(Cl)c(Br)s1. The molecule has 1 heterocycles. The van der Waals surface area contributed by atoms with Crippen LogP contribution in [0, 0.1) is 0 Å². The van der Waals surface area contributed by atoms with E-state index < -0.39 is 6.10 Å². The first-order valence-electron chi connectivity index (χ1n) is 4.99. The van der Waals surface area contributed by atoms with Crippen molar-refractivity contribution in [2.45, 2.75) is 6.10 Å². The molecule has 6 heteroatoms. The first-order chi connectivity index (χ1) is 8.52. The molecule has 2 rings (SSSR count). The topological polar surface area (TPSA) is 29.5 Å². The van der Waals surface area contributed by atoms with E-state index in [2.05, 4.69) is 15.9 Å². The molecule has 0 radical (unpaired) electrons. The lowest BCUT2D eigenvalue weighted by Crippen LogP contribution is -2.00. The third-order valence-corrected chi connectivity index (χ3v) is 5.18. The number of hydrogen-bond acceptors (Lipinski definition) is 3. The number of methoxy groups -OCH3 is 1. The van der Waals surface area contributed by atoms with Crippen LogP contribution in [0.15, 0.2) is 28.1 Å². The van der Waals surface area contributed by atoms with Crippen molar-refractivity contribution in [1.82, 2.24) is 0 Å². The molecule has 0 bridgehead atoms. The predicted octanol–water partition coefficient (Wildman–Crippen LogP) is 4.91. The molecule has 0 saturated carbocycles. The number of ether oxygens (including phenoxy) is 1.